The summed E-state index contributed by atoms with van der Waals surface area (Å²) in [6.45, 7) is 4.43. The molecule has 0 radical (unpaired) electrons. The Hall–Kier alpha value is -1.50. The van der Waals surface area contributed by atoms with E-state index in [-0.39, 0.29) is 11.7 Å². The van der Waals surface area contributed by atoms with Crippen LogP contribution in [0.1, 0.15) is 32.1 Å². The Labute approximate surface area is 148 Å². The normalized spacial score (nSPS) is 21.8. The Balaban J connectivity index is 1.40. The van der Waals surface area contributed by atoms with Crippen molar-refractivity contribution in [3.63, 3.8) is 0 Å². The average molecular weight is 349 g/mol. The molecule has 0 unspecified atom stereocenters. The van der Waals surface area contributed by atoms with Gasteiger partial charge in [-0.15, -0.1) is 0 Å². The number of halogens is 1. The number of carbonyl (C=O) groups excluding carboxylic acids is 1. The molecule has 5 nitrogen and oxygen atoms in total. The zero-order chi connectivity index (χ0) is 17.7. The van der Waals surface area contributed by atoms with Crippen molar-refractivity contribution in [1.82, 2.24) is 9.80 Å². The summed E-state index contributed by atoms with van der Waals surface area (Å²) >= 11 is 0. The van der Waals surface area contributed by atoms with Crippen molar-refractivity contribution in [3.05, 3.63) is 30.1 Å². The number of amides is 1. The summed E-state index contributed by atoms with van der Waals surface area (Å²) in [4.78, 5) is 16.5. The molecule has 25 heavy (non-hydrogen) atoms. The van der Waals surface area contributed by atoms with Crippen LogP contribution in [0, 0.1) is 5.82 Å². The number of nitrogens with one attached hydrogen (secondary N) is 1. The number of carbonyl (C=O) groups is 1. The molecule has 2 N–H and O–H groups in total. The van der Waals surface area contributed by atoms with Gasteiger partial charge in [0.05, 0.1) is 12.1 Å². The highest BCUT2D eigenvalue weighted by atomic mass is 19.1. The predicted molar refractivity (Wildman–Crippen MR) is 95.9 cm³/mol. The summed E-state index contributed by atoms with van der Waals surface area (Å²) in [6.07, 6.45) is 5.29. The SMILES string of the molecule is O=C(CN1CCN(CC2(O)CCCCC2)CC1)Nc1cccc(F)c1. The maximum absolute atomic E-state index is 13.2. The average Bonchev–Trinajstić information content (AvgIpc) is 2.57. The summed E-state index contributed by atoms with van der Waals surface area (Å²) in [7, 11) is 0. The molecule has 3 rings (SSSR count). The quantitative estimate of drug-likeness (QED) is 0.855. The van der Waals surface area contributed by atoms with E-state index in [1.54, 1.807) is 12.1 Å². The fourth-order valence-electron chi connectivity index (χ4n) is 3.86. The van der Waals surface area contributed by atoms with Gasteiger partial charge in [0.1, 0.15) is 5.82 Å². The van der Waals surface area contributed by atoms with E-state index in [0.717, 1.165) is 58.4 Å². The second-order valence-electron chi connectivity index (χ2n) is 7.40. The van der Waals surface area contributed by atoms with Gasteiger partial charge in [0.25, 0.3) is 0 Å². The third-order valence-electron chi connectivity index (χ3n) is 5.24. The Morgan fingerprint density at radius 1 is 1.12 bits per heavy atom. The lowest BCUT2D eigenvalue weighted by molar-refractivity contribution is -0.118. The van der Waals surface area contributed by atoms with Crippen LogP contribution in [0.5, 0.6) is 0 Å². The highest BCUT2D eigenvalue weighted by molar-refractivity contribution is 5.92. The van der Waals surface area contributed by atoms with Gasteiger partial charge in [-0.2, -0.15) is 0 Å². The molecule has 6 heteroatoms. The highest BCUT2D eigenvalue weighted by Crippen LogP contribution is 2.29. The Morgan fingerprint density at radius 2 is 1.80 bits per heavy atom. The van der Waals surface area contributed by atoms with Gasteiger partial charge >= 0.3 is 0 Å². The summed E-state index contributed by atoms with van der Waals surface area (Å²) < 4.78 is 13.2. The van der Waals surface area contributed by atoms with Crippen molar-refractivity contribution in [1.29, 1.82) is 0 Å². The molecular weight excluding hydrogens is 321 g/mol. The van der Waals surface area contributed by atoms with Crippen LogP contribution in [-0.4, -0.2) is 65.7 Å². The summed E-state index contributed by atoms with van der Waals surface area (Å²) in [5.41, 5.74) is -0.0296. The number of hydrogen-bond acceptors (Lipinski definition) is 4. The first kappa shape index (κ1) is 18.3. The van der Waals surface area contributed by atoms with Gasteiger partial charge in [-0.3, -0.25) is 14.6 Å². The van der Waals surface area contributed by atoms with Crippen LogP contribution in [0.4, 0.5) is 10.1 Å². The summed E-state index contributed by atoms with van der Waals surface area (Å²) in [5.74, 6) is -0.475. The lowest BCUT2D eigenvalue weighted by atomic mass is 9.84. The molecule has 0 spiro atoms. The minimum Gasteiger partial charge on any atom is -0.389 e. The van der Waals surface area contributed by atoms with Crippen molar-refractivity contribution in [2.24, 2.45) is 0 Å². The van der Waals surface area contributed by atoms with Gasteiger partial charge in [0.2, 0.25) is 5.91 Å². The Bertz CT molecular complexity index is 582. The molecule has 0 atom stereocenters. The first-order valence-electron chi connectivity index (χ1n) is 9.25. The minimum atomic E-state index is -0.519. The monoisotopic (exact) mass is 349 g/mol. The zero-order valence-electron chi connectivity index (χ0n) is 14.7. The maximum atomic E-state index is 13.2. The largest absolute Gasteiger partial charge is 0.389 e. The van der Waals surface area contributed by atoms with E-state index in [4.69, 9.17) is 0 Å². The second-order valence-corrected chi connectivity index (χ2v) is 7.40. The van der Waals surface area contributed by atoms with Gasteiger partial charge < -0.3 is 10.4 Å². The van der Waals surface area contributed by atoms with Gasteiger partial charge in [0, 0.05) is 38.4 Å². The number of nitrogens with zero attached hydrogens (tertiary/aromatic N) is 2. The van der Waals surface area contributed by atoms with E-state index < -0.39 is 5.60 Å². The molecule has 0 bridgehead atoms. The molecule has 138 valence electrons. The first-order chi connectivity index (χ1) is 12.0. The molecule has 2 aliphatic rings. The lowest BCUT2D eigenvalue weighted by Gasteiger charge is -2.40. The van der Waals surface area contributed by atoms with Crippen LogP contribution >= 0.6 is 0 Å². The van der Waals surface area contributed by atoms with Crippen molar-refractivity contribution in [3.8, 4) is 0 Å². The van der Waals surface area contributed by atoms with Gasteiger partial charge in [0.15, 0.2) is 0 Å². The first-order valence-corrected chi connectivity index (χ1v) is 9.25. The Morgan fingerprint density at radius 3 is 2.48 bits per heavy atom. The van der Waals surface area contributed by atoms with Gasteiger partial charge in [-0.1, -0.05) is 25.3 Å². The fourth-order valence-corrected chi connectivity index (χ4v) is 3.86. The smallest absolute Gasteiger partial charge is 0.238 e. The van der Waals surface area contributed by atoms with Crippen LogP contribution in [0.15, 0.2) is 24.3 Å². The minimum absolute atomic E-state index is 0.120. The van der Waals surface area contributed by atoms with Crippen molar-refractivity contribution >= 4 is 11.6 Å². The van der Waals surface area contributed by atoms with Crippen LogP contribution in [0.3, 0.4) is 0 Å². The van der Waals surface area contributed by atoms with E-state index >= 15 is 0 Å². The molecule has 1 heterocycles. The summed E-state index contributed by atoms with van der Waals surface area (Å²) in [5, 5.41) is 13.4. The molecule has 1 saturated heterocycles. The molecule has 1 saturated carbocycles. The molecule has 1 aliphatic carbocycles. The van der Waals surface area contributed by atoms with Crippen LogP contribution < -0.4 is 5.32 Å². The highest BCUT2D eigenvalue weighted by Gasteiger charge is 2.32. The standard InChI is InChI=1S/C19H28FN3O2/c20-16-5-4-6-17(13-16)21-18(24)14-22-9-11-23(12-10-22)15-19(25)7-2-1-3-8-19/h4-6,13,25H,1-3,7-12,14-15H2,(H,21,24). The zero-order valence-corrected chi connectivity index (χ0v) is 14.7. The second kappa shape index (κ2) is 8.25. The van der Waals surface area contributed by atoms with E-state index in [0.29, 0.717) is 12.2 Å². The number of anilines is 1. The number of β-amino-alcohol motifs (C(OH)–C–C–N with tert-alkyl or cyclic N) is 1. The van der Waals surface area contributed by atoms with Crippen LogP contribution in [-0.2, 0) is 4.79 Å². The third kappa shape index (κ3) is 5.49. The van der Waals surface area contributed by atoms with Crippen molar-refractivity contribution in [2.75, 3.05) is 44.6 Å². The van der Waals surface area contributed by atoms with E-state index in [1.807, 2.05) is 0 Å². The molecule has 2 fully saturated rings. The predicted octanol–water partition coefficient (Wildman–Crippen LogP) is 2.08. The van der Waals surface area contributed by atoms with E-state index in [1.165, 1.54) is 18.6 Å². The van der Waals surface area contributed by atoms with Crippen LogP contribution in [0.25, 0.3) is 0 Å². The van der Waals surface area contributed by atoms with E-state index in [2.05, 4.69) is 15.1 Å². The molecular formula is C19H28FN3O2. The lowest BCUT2D eigenvalue weighted by Crippen LogP contribution is -2.53. The number of benzene rings is 1. The maximum Gasteiger partial charge on any atom is 0.238 e. The number of piperazine rings is 1. The number of rotatable bonds is 5. The fraction of sp³-hybridized carbons (Fsp3) is 0.632. The van der Waals surface area contributed by atoms with Gasteiger partial charge in [-0.25, -0.2) is 4.39 Å². The molecule has 1 aromatic carbocycles. The van der Waals surface area contributed by atoms with Crippen molar-refractivity contribution < 1.29 is 14.3 Å². The Kier molecular flexibility index (Phi) is 6.04. The van der Waals surface area contributed by atoms with E-state index in [9.17, 15) is 14.3 Å². The molecule has 1 aliphatic heterocycles. The molecule has 0 aromatic heterocycles. The van der Waals surface area contributed by atoms with Crippen LogP contribution in [0.2, 0.25) is 0 Å². The topological polar surface area (TPSA) is 55.8 Å². The van der Waals surface area contributed by atoms with Crippen molar-refractivity contribution in [2.45, 2.75) is 37.7 Å². The molecule has 1 amide bonds. The third-order valence-corrected chi connectivity index (χ3v) is 5.24. The van der Waals surface area contributed by atoms with Gasteiger partial charge in [-0.05, 0) is 31.0 Å². The number of hydrogen-bond donors (Lipinski definition) is 2. The summed E-state index contributed by atoms with van der Waals surface area (Å²) in [6, 6.07) is 5.94. The number of aliphatic hydroxyl groups is 1. The molecule has 1 aromatic rings.